The first-order valence-corrected chi connectivity index (χ1v) is 8.69. The highest BCUT2D eigenvalue weighted by Gasteiger charge is 2.50. The van der Waals surface area contributed by atoms with Gasteiger partial charge in [0.1, 0.15) is 0 Å². The summed E-state index contributed by atoms with van der Waals surface area (Å²) < 4.78 is 22.5. The molecular formula is C20H22N2O5. The minimum Gasteiger partial charge on any atom is -0.493 e. The van der Waals surface area contributed by atoms with E-state index in [4.69, 9.17) is 18.9 Å². The van der Waals surface area contributed by atoms with Crippen molar-refractivity contribution in [3.8, 4) is 23.0 Å². The van der Waals surface area contributed by atoms with Gasteiger partial charge >= 0.3 is 6.03 Å². The fraction of sp³-hybridized carbons (Fsp3) is 0.350. The lowest BCUT2D eigenvalue weighted by Gasteiger charge is -2.50. The highest BCUT2D eigenvalue weighted by Crippen LogP contribution is 2.49. The zero-order valence-corrected chi connectivity index (χ0v) is 15.7. The molecule has 1 N–H and O–H groups in total. The molecule has 0 saturated carbocycles. The largest absolute Gasteiger partial charge is 0.493 e. The monoisotopic (exact) mass is 370 g/mol. The number of nitrogens with one attached hydrogen (secondary N) is 1. The number of nitrogens with zero attached hydrogens (tertiary/aromatic N) is 1. The van der Waals surface area contributed by atoms with Crippen LogP contribution in [0.5, 0.6) is 23.0 Å². The maximum Gasteiger partial charge on any atom is 0.325 e. The number of carbonyl (C=O) groups is 1. The number of fused-ring (bicyclic) bond motifs is 4. The highest BCUT2D eigenvalue weighted by atomic mass is 16.5. The van der Waals surface area contributed by atoms with Crippen molar-refractivity contribution in [2.45, 2.75) is 25.1 Å². The molecule has 7 nitrogen and oxygen atoms in total. The van der Waals surface area contributed by atoms with Crippen LogP contribution in [0.25, 0.3) is 0 Å². The molecule has 0 radical (unpaired) electrons. The Bertz CT molecular complexity index is 900. The Hall–Kier alpha value is -3.09. The van der Waals surface area contributed by atoms with E-state index in [1.807, 2.05) is 31.2 Å². The number of amides is 2. The molecule has 0 aliphatic carbocycles. The van der Waals surface area contributed by atoms with Gasteiger partial charge in [-0.15, -0.1) is 0 Å². The fourth-order valence-corrected chi connectivity index (χ4v) is 3.88. The second-order valence-corrected chi connectivity index (χ2v) is 6.74. The van der Waals surface area contributed by atoms with Crippen LogP contribution in [-0.4, -0.2) is 33.1 Å². The Labute approximate surface area is 157 Å². The average Bonchev–Trinajstić information content (AvgIpc) is 2.66. The van der Waals surface area contributed by atoms with Gasteiger partial charge in [-0.2, -0.15) is 0 Å². The fourth-order valence-electron chi connectivity index (χ4n) is 3.88. The number of rotatable bonds is 4. The van der Waals surface area contributed by atoms with Crippen molar-refractivity contribution in [3.63, 3.8) is 0 Å². The zero-order chi connectivity index (χ0) is 19.2. The van der Waals surface area contributed by atoms with Crippen molar-refractivity contribution < 1.29 is 23.7 Å². The van der Waals surface area contributed by atoms with E-state index < -0.39 is 5.72 Å². The molecule has 1 saturated heterocycles. The Morgan fingerprint density at radius 3 is 2.52 bits per heavy atom. The lowest BCUT2D eigenvalue weighted by atomic mass is 9.90. The van der Waals surface area contributed by atoms with E-state index in [2.05, 4.69) is 5.32 Å². The first-order valence-electron chi connectivity index (χ1n) is 8.69. The molecule has 0 spiro atoms. The number of para-hydroxylation sites is 1. The van der Waals surface area contributed by atoms with Crippen LogP contribution in [0.15, 0.2) is 36.4 Å². The molecule has 2 bridgehead atoms. The van der Waals surface area contributed by atoms with Crippen LogP contribution in [0.1, 0.15) is 24.9 Å². The maximum atomic E-state index is 13.0. The second kappa shape index (κ2) is 6.26. The summed E-state index contributed by atoms with van der Waals surface area (Å²) in [6.45, 7) is 1.91. The summed E-state index contributed by atoms with van der Waals surface area (Å²) in [4.78, 5) is 14.6. The van der Waals surface area contributed by atoms with Crippen LogP contribution >= 0.6 is 0 Å². The molecule has 0 unspecified atom stereocenters. The van der Waals surface area contributed by atoms with Gasteiger partial charge in [0.25, 0.3) is 0 Å². The number of carbonyl (C=O) groups excluding carboxylic acids is 1. The normalized spacial score (nSPS) is 23.0. The number of hydrogen-bond acceptors (Lipinski definition) is 5. The molecule has 2 heterocycles. The standard InChI is InChI=1S/C20H22N2O5/c1-20-11-14(13-6-5-7-16(25-3)18(13)27-20)21-19(23)22(20)12-8-9-15(24-2)17(10-12)26-4/h5-10,14H,11H2,1-4H3,(H,21,23)/t14-,20+/m0/s1. The summed E-state index contributed by atoms with van der Waals surface area (Å²) in [6, 6.07) is 10.7. The number of hydrogen-bond donors (Lipinski definition) is 1. The Balaban J connectivity index is 1.80. The summed E-state index contributed by atoms with van der Waals surface area (Å²) in [6.07, 6.45) is 0.604. The molecule has 142 valence electrons. The van der Waals surface area contributed by atoms with Gasteiger partial charge in [-0.1, -0.05) is 12.1 Å². The molecule has 2 aromatic rings. The number of anilines is 1. The highest BCUT2D eigenvalue weighted by molar-refractivity contribution is 5.95. The number of benzene rings is 2. The molecular weight excluding hydrogens is 348 g/mol. The minimum atomic E-state index is -0.867. The van der Waals surface area contributed by atoms with Crippen molar-refractivity contribution >= 4 is 11.7 Å². The van der Waals surface area contributed by atoms with E-state index >= 15 is 0 Å². The molecule has 2 aliphatic heterocycles. The Morgan fingerprint density at radius 1 is 1.07 bits per heavy atom. The van der Waals surface area contributed by atoms with E-state index in [-0.39, 0.29) is 12.1 Å². The van der Waals surface area contributed by atoms with Crippen LogP contribution in [-0.2, 0) is 0 Å². The van der Waals surface area contributed by atoms with Crippen molar-refractivity contribution in [1.82, 2.24) is 5.32 Å². The summed E-state index contributed by atoms with van der Waals surface area (Å²) in [5.74, 6) is 2.44. The predicted molar refractivity (Wildman–Crippen MR) is 99.9 cm³/mol. The Kier molecular flexibility index (Phi) is 4.02. The summed E-state index contributed by atoms with van der Waals surface area (Å²) >= 11 is 0. The first-order chi connectivity index (χ1) is 13.0. The molecule has 0 aromatic heterocycles. The smallest absolute Gasteiger partial charge is 0.325 e. The molecule has 4 rings (SSSR count). The SMILES string of the molecule is COc1ccc(N2C(=O)N[C@H]3C[C@@]2(C)Oc2c(OC)cccc23)cc1OC. The molecule has 7 heteroatoms. The summed E-state index contributed by atoms with van der Waals surface area (Å²) in [7, 11) is 4.74. The third kappa shape index (κ3) is 2.61. The van der Waals surface area contributed by atoms with Gasteiger partial charge in [-0.3, -0.25) is 4.90 Å². The van der Waals surface area contributed by atoms with Crippen LogP contribution in [0.2, 0.25) is 0 Å². The number of urea groups is 1. The minimum absolute atomic E-state index is 0.141. The van der Waals surface area contributed by atoms with Crippen LogP contribution in [0, 0.1) is 0 Å². The molecule has 1 fully saturated rings. The van der Waals surface area contributed by atoms with E-state index in [9.17, 15) is 4.79 Å². The molecule has 2 aromatic carbocycles. The quantitative estimate of drug-likeness (QED) is 0.892. The van der Waals surface area contributed by atoms with Crippen molar-refractivity contribution in [3.05, 3.63) is 42.0 Å². The average molecular weight is 370 g/mol. The van der Waals surface area contributed by atoms with Crippen molar-refractivity contribution in [2.24, 2.45) is 0 Å². The topological polar surface area (TPSA) is 69.3 Å². The third-order valence-corrected chi connectivity index (χ3v) is 5.11. The van der Waals surface area contributed by atoms with Gasteiger partial charge < -0.3 is 24.3 Å². The number of ether oxygens (including phenoxy) is 4. The van der Waals surface area contributed by atoms with Gasteiger partial charge in [0.05, 0.1) is 33.1 Å². The Morgan fingerprint density at radius 2 is 1.81 bits per heavy atom. The first kappa shape index (κ1) is 17.3. The third-order valence-electron chi connectivity index (χ3n) is 5.11. The zero-order valence-electron chi connectivity index (χ0n) is 15.7. The van der Waals surface area contributed by atoms with Gasteiger partial charge in [0.2, 0.25) is 0 Å². The molecule has 2 aliphatic rings. The van der Waals surface area contributed by atoms with Gasteiger partial charge in [0, 0.05) is 18.1 Å². The maximum absolute atomic E-state index is 13.0. The van der Waals surface area contributed by atoms with E-state index in [0.717, 1.165) is 5.56 Å². The van der Waals surface area contributed by atoms with Gasteiger partial charge in [0.15, 0.2) is 28.7 Å². The van der Waals surface area contributed by atoms with Gasteiger partial charge in [-0.05, 0) is 25.1 Å². The summed E-state index contributed by atoms with van der Waals surface area (Å²) in [5, 5.41) is 3.07. The summed E-state index contributed by atoms with van der Waals surface area (Å²) in [5.41, 5.74) is 0.713. The molecule has 2 atom stereocenters. The van der Waals surface area contributed by atoms with E-state index in [1.165, 1.54) is 0 Å². The van der Waals surface area contributed by atoms with Crippen LogP contribution in [0.3, 0.4) is 0 Å². The second-order valence-electron chi connectivity index (χ2n) is 6.74. The molecule has 2 amide bonds. The van der Waals surface area contributed by atoms with E-state index in [0.29, 0.717) is 35.1 Å². The van der Waals surface area contributed by atoms with Crippen LogP contribution in [0.4, 0.5) is 10.5 Å². The lowest BCUT2D eigenvalue weighted by molar-refractivity contribution is 0.0349. The van der Waals surface area contributed by atoms with Crippen LogP contribution < -0.4 is 29.2 Å². The van der Waals surface area contributed by atoms with Gasteiger partial charge in [-0.25, -0.2) is 4.79 Å². The lowest BCUT2D eigenvalue weighted by Crippen LogP contribution is -2.65. The van der Waals surface area contributed by atoms with Crippen molar-refractivity contribution in [1.29, 1.82) is 0 Å². The van der Waals surface area contributed by atoms with E-state index in [1.54, 1.807) is 38.4 Å². The predicted octanol–water partition coefficient (Wildman–Crippen LogP) is 3.48. The van der Waals surface area contributed by atoms with Crippen molar-refractivity contribution in [2.75, 3.05) is 26.2 Å². The molecule has 27 heavy (non-hydrogen) atoms. The number of methoxy groups -OCH3 is 3.